The van der Waals surface area contributed by atoms with Crippen LogP contribution in [-0.4, -0.2) is 18.5 Å². The van der Waals surface area contributed by atoms with Crippen molar-refractivity contribution in [2.45, 2.75) is 32.2 Å². The minimum Gasteiger partial charge on any atom is -0.347 e. The maximum Gasteiger partial charge on any atom is 0.185 e. The monoisotopic (exact) mass is 218 g/mol. The van der Waals surface area contributed by atoms with Crippen LogP contribution in [0.15, 0.2) is 36.4 Å². The van der Waals surface area contributed by atoms with Gasteiger partial charge in [-0.1, -0.05) is 36.4 Å². The Labute approximate surface area is 96.9 Å². The molecular formula is C14H18O2. The molecule has 16 heavy (non-hydrogen) atoms. The van der Waals surface area contributed by atoms with Gasteiger partial charge in [-0.15, -0.1) is 0 Å². The topological polar surface area (TPSA) is 18.5 Å². The highest BCUT2D eigenvalue weighted by atomic mass is 16.7. The van der Waals surface area contributed by atoms with E-state index in [9.17, 15) is 0 Å². The fourth-order valence-electron chi connectivity index (χ4n) is 1.82. The molecule has 1 aromatic carbocycles. The maximum atomic E-state index is 5.79. The molecule has 0 spiro atoms. The highest BCUT2D eigenvalue weighted by molar-refractivity contribution is 5.49. The van der Waals surface area contributed by atoms with Crippen LogP contribution >= 0.6 is 0 Å². The number of hydrogen-bond donors (Lipinski definition) is 0. The first-order valence-corrected chi connectivity index (χ1v) is 5.74. The van der Waals surface area contributed by atoms with E-state index in [-0.39, 0.29) is 6.10 Å². The Balaban J connectivity index is 2.05. The third kappa shape index (κ3) is 2.94. The van der Waals surface area contributed by atoms with Gasteiger partial charge in [-0.25, -0.2) is 0 Å². The molecule has 0 bridgehead atoms. The fourth-order valence-corrected chi connectivity index (χ4v) is 1.82. The molecule has 0 N–H and O–H groups in total. The van der Waals surface area contributed by atoms with Crippen LogP contribution < -0.4 is 0 Å². The zero-order chi connectivity index (χ0) is 11.4. The summed E-state index contributed by atoms with van der Waals surface area (Å²) in [6.45, 7) is 4.80. The van der Waals surface area contributed by atoms with Crippen LogP contribution in [0.2, 0.25) is 0 Å². The quantitative estimate of drug-likeness (QED) is 0.758. The van der Waals surface area contributed by atoms with Crippen molar-refractivity contribution in [1.29, 1.82) is 0 Å². The molecule has 1 aliphatic heterocycles. The van der Waals surface area contributed by atoms with Crippen molar-refractivity contribution >= 4 is 6.08 Å². The third-order valence-corrected chi connectivity index (χ3v) is 2.73. The lowest BCUT2D eigenvalue weighted by molar-refractivity contribution is -0.250. The smallest absolute Gasteiger partial charge is 0.185 e. The molecule has 2 unspecified atom stereocenters. The van der Waals surface area contributed by atoms with E-state index in [1.807, 2.05) is 37.3 Å². The predicted octanol–water partition coefficient (Wildman–Crippen LogP) is 3.24. The largest absolute Gasteiger partial charge is 0.347 e. The van der Waals surface area contributed by atoms with Crippen molar-refractivity contribution in [3.05, 3.63) is 42.0 Å². The molecule has 1 aromatic rings. The van der Waals surface area contributed by atoms with Gasteiger partial charge in [0.25, 0.3) is 0 Å². The third-order valence-electron chi connectivity index (χ3n) is 2.73. The van der Waals surface area contributed by atoms with Crippen LogP contribution in [0.5, 0.6) is 0 Å². The summed E-state index contributed by atoms with van der Waals surface area (Å²) in [5.41, 5.74) is 1.16. The van der Waals surface area contributed by atoms with Gasteiger partial charge >= 0.3 is 0 Å². The van der Waals surface area contributed by atoms with Crippen molar-refractivity contribution in [1.82, 2.24) is 0 Å². The Kier molecular flexibility index (Phi) is 3.42. The van der Waals surface area contributed by atoms with Gasteiger partial charge in [-0.05, 0) is 31.9 Å². The van der Waals surface area contributed by atoms with Crippen LogP contribution in [0.1, 0.15) is 25.8 Å². The SMILES string of the molecule is CC1CCOC(C)(/C=C/c2ccccc2)O1. The van der Waals surface area contributed by atoms with Gasteiger partial charge in [0.1, 0.15) is 0 Å². The summed E-state index contributed by atoms with van der Waals surface area (Å²) >= 11 is 0. The molecule has 1 aliphatic rings. The summed E-state index contributed by atoms with van der Waals surface area (Å²) in [6.07, 6.45) is 5.25. The van der Waals surface area contributed by atoms with E-state index in [1.54, 1.807) is 0 Å². The van der Waals surface area contributed by atoms with Crippen LogP contribution in [0.4, 0.5) is 0 Å². The van der Waals surface area contributed by atoms with E-state index in [0.29, 0.717) is 0 Å². The molecular weight excluding hydrogens is 200 g/mol. The highest BCUT2D eigenvalue weighted by Crippen LogP contribution is 2.24. The molecule has 0 radical (unpaired) electrons. The van der Waals surface area contributed by atoms with Crippen molar-refractivity contribution in [3.8, 4) is 0 Å². The first-order chi connectivity index (χ1) is 7.68. The van der Waals surface area contributed by atoms with E-state index in [0.717, 1.165) is 18.6 Å². The lowest BCUT2D eigenvalue weighted by atomic mass is 10.1. The van der Waals surface area contributed by atoms with Crippen molar-refractivity contribution in [3.63, 3.8) is 0 Å². The number of hydrogen-bond acceptors (Lipinski definition) is 2. The van der Waals surface area contributed by atoms with Gasteiger partial charge in [0, 0.05) is 0 Å². The average Bonchev–Trinajstić information content (AvgIpc) is 2.28. The molecule has 0 aromatic heterocycles. The van der Waals surface area contributed by atoms with E-state index < -0.39 is 5.79 Å². The molecule has 0 saturated carbocycles. The first kappa shape index (κ1) is 11.4. The van der Waals surface area contributed by atoms with E-state index in [1.165, 1.54) is 0 Å². The molecule has 2 atom stereocenters. The Hall–Kier alpha value is -1.12. The summed E-state index contributed by atoms with van der Waals surface area (Å²) in [4.78, 5) is 0. The predicted molar refractivity (Wildman–Crippen MR) is 65.0 cm³/mol. The normalized spacial score (nSPS) is 30.8. The van der Waals surface area contributed by atoms with E-state index >= 15 is 0 Å². The van der Waals surface area contributed by atoms with Gasteiger partial charge in [0.05, 0.1) is 12.7 Å². The Morgan fingerprint density at radius 2 is 2.06 bits per heavy atom. The minimum absolute atomic E-state index is 0.263. The van der Waals surface area contributed by atoms with Crippen molar-refractivity contribution in [2.24, 2.45) is 0 Å². The van der Waals surface area contributed by atoms with Crippen LogP contribution in [-0.2, 0) is 9.47 Å². The van der Waals surface area contributed by atoms with Gasteiger partial charge in [0.2, 0.25) is 0 Å². The zero-order valence-electron chi connectivity index (χ0n) is 9.85. The standard InChI is InChI=1S/C14H18O2/c1-12-9-11-15-14(2,16-12)10-8-13-6-4-3-5-7-13/h3-8,10,12H,9,11H2,1-2H3/b10-8+. The second kappa shape index (κ2) is 4.81. The van der Waals surface area contributed by atoms with Crippen LogP contribution in [0, 0.1) is 0 Å². The Morgan fingerprint density at radius 1 is 1.31 bits per heavy atom. The summed E-state index contributed by atoms with van der Waals surface area (Å²) in [7, 11) is 0. The molecule has 86 valence electrons. The van der Waals surface area contributed by atoms with Gasteiger partial charge < -0.3 is 9.47 Å². The van der Waals surface area contributed by atoms with Gasteiger partial charge in [0.15, 0.2) is 5.79 Å². The van der Waals surface area contributed by atoms with Crippen LogP contribution in [0.25, 0.3) is 6.08 Å². The van der Waals surface area contributed by atoms with Gasteiger partial charge in [-0.2, -0.15) is 0 Å². The van der Waals surface area contributed by atoms with Crippen molar-refractivity contribution in [2.75, 3.05) is 6.61 Å². The second-order valence-corrected chi connectivity index (χ2v) is 4.33. The Bertz CT molecular complexity index is 358. The molecule has 0 amide bonds. The molecule has 0 aliphatic carbocycles. The van der Waals surface area contributed by atoms with Gasteiger partial charge in [-0.3, -0.25) is 0 Å². The van der Waals surface area contributed by atoms with E-state index in [2.05, 4.69) is 19.1 Å². The molecule has 1 fully saturated rings. The molecule has 1 heterocycles. The fraction of sp³-hybridized carbons (Fsp3) is 0.429. The maximum absolute atomic E-state index is 5.79. The van der Waals surface area contributed by atoms with E-state index in [4.69, 9.17) is 9.47 Å². The number of rotatable bonds is 2. The zero-order valence-corrected chi connectivity index (χ0v) is 9.85. The summed E-state index contributed by atoms with van der Waals surface area (Å²) in [5.74, 6) is -0.576. The highest BCUT2D eigenvalue weighted by Gasteiger charge is 2.29. The lowest BCUT2D eigenvalue weighted by Gasteiger charge is -2.35. The number of benzene rings is 1. The van der Waals surface area contributed by atoms with Crippen molar-refractivity contribution < 1.29 is 9.47 Å². The Morgan fingerprint density at radius 3 is 2.75 bits per heavy atom. The summed E-state index contributed by atoms with van der Waals surface area (Å²) in [5, 5.41) is 0. The molecule has 2 nitrogen and oxygen atoms in total. The average molecular weight is 218 g/mol. The lowest BCUT2D eigenvalue weighted by Crippen LogP contribution is -2.39. The molecule has 2 rings (SSSR count). The summed E-state index contributed by atoms with van der Waals surface area (Å²) < 4.78 is 11.4. The minimum atomic E-state index is -0.576. The van der Waals surface area contributed by atoms with Crippen LogP contribution in [0.3, 0.4) is 0 Å². The molecule has 2 heteroatoms. The number of ether oxygens (including phenoxy) is 2. The summed E-state index contributed by atoms with van der Waals surface area (Å²) in [6, 6.07) is 10.2. The molecule has 1 saturated heterocycles. The second-order valence-electron chi connectivity index (χ2n) is 4.33. The first-order valence-electron chi connectivity index (χ1n) is 5.74.